The first-order valence-electron chi connectivity index (χ1n) is 6.62. The predicted octanol–water partition coefficient (Wildman–Crippen LogP) is 2.43. The first kappa shape index (κ1) is 15.4. The van der Waals surface area contributed by atoms with E-state index in [-0.39, 0.29) is 16.9 Å². The highest BCUT2D eigenvalue weighted by atomic mass is 16.6. The summed E-state index contributed by atoms with van der Waals surface area (Å²) in [5.74, 6) is -0.539. The summed E-state index contributed by atoms with van der Waals surface area (Å²) in [5.41, 5.74) is 1.33. The lowest BCUT2D eigenvalue weighted by atomic mass is 10.1. The topological polar surface area (TPSA) is 94.4 Å². The summed E-state index contributed by atoms with van der Waals surface area (Å²) in [7, 11) is 1.26. The average Bonchev–Trinajstić information content (AvgIpc) is 2.54. The van der Waals surface area contributed by atoms with Crippen molar-refractivity contribution in [2.24, 2.45) is 0 Å². The van der Waals surface area contributed by atoms with Gasteiger partial charge >= 0.3 is 5.97 Å². The zero-order chi connectivity index (χ0) is 15.9. The number of carbonyl (C=O) groups is 1. The number of nitrogens with one attached hydrogen (secondary N) is 1. The summed E-state index contributed by atoms with van der Waals surface area (Å²) in [6.45, 7) is 0.461. The molecule has 7 nitrogen and oxygen atoms in total. The molecular weight excluding hydrogens is 286 g/mol. The molecule has 1 heterocycles. The number of aromatic nitrogens is 1. The summed E-state index contributed by atoms with van der Waals surface area (Å²) in [6, 6.07) is 9.65. The Morgan fingerprint density at radius 2 is 2.18 bits per heavy atom. The lowest BCUT2D eigenvalue weighted by molar-refractivity contribution is -0.384. The van der Waals surface area contributed by atoms with Crippen LogP contribution in [0, 0.1) is 10.1 Å². The van der Waals surface area contributed by atoms with Gasteiger partial charge in [-0.15, -0.1) is 0 Å². The van der Waals surface area contributed by atoms with Crippen molar-refractivity contribution in [2.45, 2.75) is 6.42 Å². The molecule has 0 saturated carbocycles. The molecule has 0 saturated heterocycles. The SMILES string of the molecule is COC(=O)c1ccc([N+](=O)[O-])c(NCCc2ccccn2)c1. The van der Waals surface area contributed by atoms with Crippen molar-refractivity contribution in [2.75, 3.05) is 19.0 Å². The monoisotopic (exact) mass is 301 g/mol. The minimum Gasteiger partial charge on any atom is -0.465 e. The van der Waals surface area contributed by atoms with Crippen LogP contribution in [0.3, 0.4) is 0 Å². The third-order valence-electron chi connectivity index (χ3n) is 3.04. The molecule has 2 aromatic rings. The third kappa shape index (κ3) is 3.78. The average molecular weight is 301 g/mol. The molecule has 0 unspecified atom stereocenters. The number of anilines is 1. The molecule has 22 heavy (non-hydrogen) atoms. The van der Waals surface area contributed by atoms with E-state index in [0.717, 1.165) is 5.69 Å². The molecule has 0 aliphatic heterocycles. The normalized spacial score (nSPS) is 10.0. The lowest BCUT2D eigenvalue weighted by Crippen LogP contribution is -2.09. The molecule has 1 aromatic carbocycles. The molecule has 1 N–H and O–H groups in total. The van der Waals surface area contributed by atoms with E-state index in [9.17, 15) is 14.9 Å². The highest BCUT2D eigenvalue weighted by Gasteiger charge is 2.16. The van der Waals surface area contributed by atoms with Crippen LogP contribution in [-0.4, -0.2) is 29.5 Å². The molecule has 0 bridgehead atoms. The zero-order valence-electron chi connectivity index (χ0n) is 12.0. The molecule has 0 atom stereocenters. The van der Waals surface area contributed by atoms with Gasteiger partial charge in [0, 0.05) is 30.9 Å². The number of nitrogens with zero attached hydrogens (tertiary/aromatic N) is 2. The van der Waals surface area contributed by atoms with Crippen LogP contribution in [0.5, 0.6) is 0 Å². The van der Waals surface area contributed by atoms with Crippen molar-refractivity contribution < 1.29 is 14.5 Å². The van der Waals surface area contributed by atoms with Gasteiger partial charge in [-0.1, -0.05) is 6.07 Å². The summed E-state index contributed by atoms with van der Waals surface area (Å²) in [6.07, 6.45) is 2.30. The van der Waals surface area contributed by atoms with E-state index in [2.05, 4.69) is 15.0 Å². The number of rotatable bonds is 6. The second-order valence-corrected chi connectivity index (χ2v) is 4.48. The Morgan fingerprint density at radius 1 is 1.36 bits per heavy atom. The molecule has 1 aromatic heterocycles. The van der Waals surface area contributed by atoms with E-state index in [1.165, 1.54) is 25.3 Å². The smallest absolute Gasteiger partial charge is 0.337 e. The molecule has 0 radical (unpaired) electrons. The fraction of sp³-hybridized carbons (Fsp3) is 0.200. The van der Waals surface area contributed by atoms with Crippen molar-refractivity contribution in [3.05, 3.63) is 64.0 Å². The molecule has 0 amide bonds. The largest absolute Gasteiger partial charge is 0.465 e. The summed E-state index contributed by atoms with van der Waals surface area (Å²) in [5, 5.41) is 14.0. The summed E-state index contributed by atoms with van der Waals surface area (Å²) < 4.78 is 4.62. The highest BCUT2D eigenvalue weighted by molar-refractivity contribution is 5.91. The zero-order valence-corrected chi connectivity index (χ0v) is 12.0. The number of esters is 1. The van der Waals surface area contributed by atoms with Crippen LogP contribution in [-0.2, 0) is 11.2 Å². The Labute approximate surface area is 127 Å². The lowest BCUT2D eigenvalue weighted by Gasteiger charge is -2.08. The Morgan fingerprint density at radius 3 is 2.82 bits per heavy atom. The number of nitro benzene ring substituents is 1. The van der Waals surface area contributed by atoms with E-state index in [1.54, 1.807) is 6.20 Å². The minimum absolute atomic E-state index is 0.0892. The van der Waals surface area contributed by atoms with Crippen LogP contribution in [0.2, 0.25) is 0 Å². The Bertz CT molecular complexity index is 674. The number of methoxy groups -OCH3 is 1. The summed E-state index contributed by atoms with van der Waals surface area (Å²) >= 11 is 0. The van der Waals surface area contributed by atoms with Crippen LogP contribution < -0.4 is 5.32 Å². The highest BCUT2D eigenvalue weighted by Crippen LogP contribution is 2.25. The second-order valence-electron chi connectivity index (χ2n) is 4.48. The van der Waals surface area contributed by atoms with Crippen LogP contribution >= 0.6 is 0 Å². The fourth-order valence-electron chi connectivity index (χ4n) is 1.95. The van der Waals surface area contributed by atoms with Crippen molar-refractivity contribution in [3.63, 3.8) is 0 Å². The third-order valence-corrected chi connectivity index (χ3v) is 3.04. The van der Waals surface area contributed by atoms with Gasteiger partial charge in [0.05, 0.1) is 17.6 Å². The number of pyridine rings is 1. The van der Waals surface area contributed by atoms with E-state index in [4.69, 9.17) is 0 Å². The van der Waals surface area contributed by atoms with Gasteiger partial charge in [0.2, 0.25) is 0 Å². The quantitative estimate of drug-likeness (QED) is 0.500. The number of ether oxygens (including phenoxy) is 1. The number of hydrogen-bond acceptors (Lipinski definition) is 6. The summed E-state index contributed by atoms with van der Waals surface area (Å²) in [4.78, 5) is 26.2. The minimum atomic E-state index is -0.539. The van der Waals surface area contributed by atoms with Gasteiger partial charge in [-0.2, -0.15) is 0 Å². The second kappa shape index (κ2) is 7.16. The van der Waals surface area contributed by atoms with E-state index in [0.29, 0.717) is 13.0 Å². The molecule has 2 rings (SSSR count). The molecule has 0 spiro atoms. The van der Waals surface area contributed by atoms with Crippen molar-refractivity contribution in [1.82, 2.24) is 4.98 Å². The Balaban J connectivity index is 2.13. The van der Waals surface area contributed by atoms with Crippen molar-refractivity contribution in [1.29, 1.82) is 0 Å². The van der Waals surface area contributed by atoms with Crippen molar-refractivity contribution >= 4 is 17.3 Å². The molecule has 0 aliphatic carbocycles. The number of hydrogen-bond donors (Lipinski definition) is 1. The maximum absolute atomic E-state index is 11.5. The van der Waals surface area contributed by atoms with E-state index in [1.807, 2.05) is 18.2 Å². The van der Waals surface area contributed by atoms with Gasteiger partial charge < -0.3 is 10.1 Å². The Hall–Kier alpha value is -2.96. The standard InChI is InChI=1S/C15H15N3O4/c1-22-15(19)11-5-6-14(18(20)21)13(10-11)17-9-7-12-4-2-3-8-16-12/h2-6,8,10,17H,7,9H2,1H3. The van der Waals surface area contributed by atoms with Gasteiger partial charge in [-0.25, -0.2) is 4.79 Å². The van der Waals surface area contributed by atoms with Crippen LogP contribution in [0.25, 0.3) is 0 Å². The van der Waals surface area contributed by atoms with Gasteiger partial charge in [0.15, 0.2) is 0 Å². The van der Waals surface area contributed by atoms with Crippen LogP contribution in [0.4, 0.5) is 11.4 Å². The number of benzene rings is 1. The fourth-order valence-corrected chi connectivity index (χ4v) is 1.95. The molecule has 0 fully saturated rings. The molecule has 0 aliphatic rings. The van der Waals surface area contributed by atoms with Gasteiger partial charge in [0.25, 0.3) is 5.69 Å². The number of carbonyl (C=O) groups excluding carboxylic acids is 1. The molecule has 7 heteroatoms. The first-order valence-corrected chi connectivity index (χ1v) is 6.62. The van der Waals surface area contributed by atoms with Crippen LogP contribution in [0.15, 0.2) is 42.6 Å². The van der Waals surface area contributed by atoms with Crippen molar-refractivity contribution in [3.8, 4) is 0 Å². The Kier molecular flexibility index (Phi) is 5.02. The van der Waals surface area contributed by atoms with Gasteiger partial charge in [-0.3, -0.25) is 15.1 Å². The van der Waals surface area contributed by atoms with Gasteiger partial charge in [-0.05, 0) is 24.3 Å². The first-order chi connectivity index (χ1) is 10.6. The van der Waals surface area contributed by atoms with Crippen LogP contribution in [0.1, 0.15) is 16.1 Å². The van der Waals surface area contributed by atoms with E-state index < -0.39 is 10.9 Å². The predicted molar refractivity (Wildman–Crippen MR) is 80.9 cm³/mol. The van der Waals surface area contributed by atoms with Gasteiger partial charge in [0.1, 0.15) is 5.69 Å². The molecule has 114 valence electrons. The maximum Gasteiger partial charge on any atom is 0.337 e. The number of nitro groups is 1. The molecular formula is C15H15N3O4. The maximum atomic E-state index is 11.5. The van der Waals surface area contributed by atoms with E-state index >= 15 is 0 Å².